The van der Waals surface area contributed by atoms with Crippen LogP contribution in [0.2, 0.25) is 10.0 Å². The van der Waals surface area contributed by atoms with E-state index in [0.29, 0.717) is 35.2 Å². The number of benzene rings is 2. The Labute approximate surface area is 232 Å². The third kappa shape index (κ3) is 6.07. The number of aromatic nitrogens is 3. The van der Waals surface area contributed by atoms with Crippen molar-refractivity contribution in [3.8, 4) is 5.75 Å². The average molecular weight is 560 g/mol. The van der Waals surface area contributed by atoms with Gasteiger partial charge in [-0.1, -0.05) is 36.2 Å². The van der Waals surface area contributed by atoms with Crippen LogP contribution in [0.1, 0.15) is 25.3 Å². The molecular weight excluding hydrogens is 529 g/mol. The van der Waals surface area contributed by atoms with E-state index in [9.17, 15) is 4.79 Å². The molecule has 2 aromatic carbocycles. The summed E-state index contributed by atoms with van der Waals surface area (Å²) in [6.07, 6.45) is 4.25. The quantitative estimate of drug-likeness (QED) is 0.384. The number of hydrogen-bond donors (Lipinski definition) is 0. The minimum absolute atomic E-state index is 0.248. The Bertz CT molecular complexity index is 1220. The Balaban J connectivity index is 1.19. The van der Waals surface area contributed by atoms with E-state index < -0.39 is 5.79 Å². The number of halogens is 2. The lowest BCUT2D eigenvalue weighted by atomic mass is 10.1. The molecule has 0 saturated carbocycles. The topological polar surface area (TPSA) is 82.0 Å². The third-order valence-electron chi connectivity index (χ3n) is 6.77. The lowest BCUT2D eigenvalue weighted by Crippen LogP contribution is -2.48. The van der Waals surface area contributed by atoms with Gasteiger partial charge in [0.2, 0.25) is 11.7 Å². The fourth-order valence-corrected chi connectivity index (χ4v) is 5.36. The first kappa shape index (κ1) is 26.7. The molecule has 2 saturated heterocycles. The van der Waals surface area contributed by atoms with Crippen molar-refractivity contribution in [2.45, 2.75) is 38.2 Å². The van der Waals surface area contributed by atoms with Gasteiger partial charge in [0.1, 0.15) is 37.7 Å². The number of hydrogen-bond acceptors (Lipinski definition) is 7. The van der Waals surface area contributed by atoms with Crippen LogP contribution < -0.4 is 9.64 Å². The molecule has 2 aliphatic rings. The molecule has 0 aliphatic carbocycles. The van der Waals surface area contributed by atoms with Crippen molar-refractivity contribution in [2.75, 3.05) is 44.3 Å². The number of rotatable bonds is 9. The Morgan fingerprint density at radius 2 is 1.92 bits per heavy atom. The summed E-state index contributed by atoms with van der Waals surface area (Å²) in [7, 11) is 0. The Hall–Kier alpha value is -2.85. The first-order valence-corrected chi connectivity index (χ1v) is 13.6. The first-order valence-electron chi connectivity index (χ1n) is 12.8. The van der Waals surface area contributed by atoms with Crippen LogP contribution in [0.3, 0.4) is 0 Å². The van der Waals surface area contributed by atoms with E-state index in [-0.39, 0.29) is 18.6 Å². The first-order chi connectivity index (χ1) is 18.5. The SMILES string of the molecule is CCCC(=O)N1CCN(c2ccc(OCC3COC(Cn4cncn4)(c4ccc(Cl)cc4Cl)O3)cc2)CC1. The van der Waals surface area contributed by atoms with Gasteiger partial charge in [-0.25, -0.2) is 9.67 Å². The molecule has 0 bridgehead atoms. The molecule has 1 aromatic heterocycles. The predicted octanol–water partition coefficient (Wildman–Crippen LogP) is 4.38. The maximum Gasteiger partial charge on any atom is 0.222 e. The van der Waals surface area contributed by atoms with E-state index in [1.807, 2.05) is 42.2 Å². The van der Waals surface area contributed by atoms with Crippen LogP contribution in [0, 0.1) is 0 Å². The van der Waals surface area contributed by atoms with Gasteiger partial charge in [-0.2, -0.15) is 5.10 Å². The van der Waals surface area contributed by atoms with Crippen LogP contribution in [-0.4, -0.2) is 71.1 Å². The molecule has 9 nitrogen and oxygen atoms in total. The minimum atomic E-state index is -1.14. The summed E-state index contributed by atoms with van der Waals surface area (Å²) in [5.74, 6) is -0.154. The van der Waals surface area contributed by atoms with Gasteiger partial charge < -0.3 is 24.0 Å². The van der Waals surface area contributed by atoms with Crippen molar-refractivity contribution < 1.29 is 19.0 Å². The third-order valence-corrected chi connectivity index (χ3v) is 7.32. The number of carbonyl (C=O) groups excluding carboxylic acids is 1. The Morgan fingerprint density at radius 1 is 1.13 bits per heavy atom. The average Bonchev–Trinajstić information content (AvgIpc) is 3.59. The van der Waals surface area contributed by atoms with E-state index in [4.69, 9.17) is 37.4 Å². The van der Waals surface area contributed by atoms with Gasteiger partial charge in [0.25, 0.3) is 0 Å². The van der Waals surface area contributed by atoms with Gasteiger partial charge in [-0.15, -0.1) is 0 Å². The molecule has 5 rings (SSSR count). The van der Waals surface area contributed by atoms with Crippen LogP contribution in [0.5, 0.6) is 5.75 Å². The molecule has 0 spiro atoms. The van der Waals surface area contributed by atoms with Crippen molar-refractivity contribution in [1.82, 2.24) is 19.7 Å². The van der Waals surface area contributed by atoms with Gasteiger partial charge in [0.15, 0.2) is 0 Å². The molecule has 2 fully saturated rings. The molecule has 2 unspecified atom stereocenters. The molecular formula is C27H31Cl2N5O4. The second kappa shape index (κ2) is 11.9. The van der Waals surface area contributed by atoms with E-state index >= 15 is 0 Å². The molecule has 1 amide bonds. The largest absolute Gasteiger partial charge is 0.491 e. The highest BCUT2D eigenvalue weighted by Crippen LogP contribution is 2.40. The molecule has 0 radical (unpaired) electrons. The molecule has 202 valence electrons. The second-order valence-electron chi connectivity index (χ2n) is 9.44. The molecule has 11 heteroatoms. The summed E-state index contributed by atoms with van der Waals surface area (Å²) in [5.41, 5.74) is 1.78. The van der Waals surface area contributed by atoms with E-state index in [1.54, 1.807) is 23.1 Å². The van der Waals surface area contributed by atoms with E-state index in [0.717, 1.165) is 44.0 Å². The van der Waals surface area contributed by atoms with Crippen molar-refractivity contribution in [3.05, 3.63) is 70.7 Å². The number of anilines is 1. The van der Waals surface area contributed by atoms with Gasteiger partial charge >= 0.3 is 0 Å². The summed E-state index contributed by atoms with van der Waals surface area (Å²) in [5, 5.41) is 5.19. The maximum absolute atomic E-state index is 12.1. The molecule has 2 aliphatic heterocycles. The summed E-state index contributed by atoms with van der Waals surface area (Å²) in [6, 6.07) is 13.2. The van der Waals surface area contributed by atoms with Crippen LogP contribution in [0.25, 0.3) is 0 Å². The van der Waals surface area contributed by atoms with Crippen molar-refractivity contribution in [1.29, 1.82) is 0 Å². The lowest BCUT2D eigenvalue weighted by Gasteiger charge is -2.36. The van der Waals surface area contributed by atoms with Gasteiger partial charge in [-0.3, -0.25) is 4.79 Å². The number of amides is 1. The molecule has 2 atom stereocenters. The summed E-state index contributed by atoms with van der Waals surface area (Å²) < 4.78 is 20.3. The van der Waals surface area contributed by atoms with Gasteiger partial charge in [-0.05, 0) is 42.8 Å². The standard InChI is InChI=1S/C27H31Cl2N5O4/c1-2-3-26(35)33-12-10-32(11-13-33)21-5-7-22(8-6-21)36-15-23-16-37-27(38-23,17-34-19-30-18-31-34)24-9-4-20(28)14-25(24)29/h4-9,14,18-19,23H,2-3,10-13,15-17H2,1H3. The normalized spacial score (nSPS) is 21.6. The minimum Gasteiger partial charge on any atom is -0.491 e. The number of nitrogens with zero attached hydrogens (tertiary/aromatic N) is 5. The van der Waals surface area contributed by atoms with Crippen LogP contribution >= 0.6 is 23.2 Å². The van der Waals surface area contributed by atoms with Crippen LogP contribution in [0.15, 0.2) is 55.1 Å². The summed E-state index contributed by atoms with van der Waals surface area (Å²) >= 11 is 12.6. The summed E-state index contributed by atoms with van der Waals surface area (Å²) in [6.45, 7) is 6.10. The van der Waals surface area contributed by atoms with Gasteiger partial charge in [0.05, 0.1) is 11.6 Å². The van der Waals surface area contributed by atoms with Crippen LogP contribution in [0.4, 0.5) is 5.69 Å². The zero-order valence-corrected chi connectivity index (χ0v) is 22.8. The molecule has 3 heterocycles. The highest BCUT2D eigenvalue weighted by Gasteiger charge is 2.45. The Morgan fingerprint density at radius 3 is 2.61 bits per heavy atom. The highest BCUT2D eigenvalue weighted by molar-refractivity contribution is 6.35. The van der Waals surface area contributed by atoms with Gasteiger partial charge in [0, 0.05) is 48.9 Å². The summed E-state index contributed by atoms with van der Waals surface area (Å²) in [4.78, 5) is 20.4. The lowest BCUT2D eigenvalue weighted by molar-refractivity contribution is -0.190. The number of ether oxygens (including phenoxy) is 3. The van der Waals surface area contributed by atoms with Crippen molar-refractivity contribution >= 4 is 34.8 Å². The zero-order chi connectivity index (χ0) is 26.5. The fraction of sp³-hybridized carbons (Fsp3) is 0.444. The van der Waals surface area contributed by atoms with E-state index in [1.165, 1.54) is 6.33 Å². The molecule has 3 aromatic rings. The number of carbonyl (C=O) groups is 1. The Kier molecular flexibility index (Phi) is 8.38. The highest BCUT2D eigenvalue weighted by atomic mass is 35.5. The zero-order valence-electron chi connectivity index (χ0n) is 21.3. The monoisotopic (exact) mass is 559 g/mol. The maximum atomic E-state index is 12.1. The second-order valence-corrected chi connectivity index (χ2v) is 10.3. The van der Waals surface area contributed by atoms with E-state index in [2.05, 4.69) is 15.0 Å². The van der Waals surface area contributed by atoms with Crippen molar-refractivity contribution in [3.63, 3.8) is 0 Å². The van der Waals surface area contributed by atoms with Crippen molar-refractivity contribution in [2.24, 2.45) is 0 Å². The smallest absolute Gasteiger partial charge is 0.222 e. The molecule has 38 heavy (non-hydrogen) atoms. The number of piperazine rings is 1. The predicted molar refractivity (Wildman–Crippen MR) is 145 cm³/mol. The van der Waals surface area contributed by atoms with Crippen LogP contribution in [-0.2, 0) is 26.6 Å². The fourth-order valence-electron chi connectivity index (χ4n) is 4.81. The molecule has 0 N–H and O–H groups in total.